The molecule has 0 saturated carbocycles. The number of hydrogen-bond acceptors (Lipinski definition) is 15. The molecule has 0 heterocycles. The molecule has 100 heavy (non-hydrogen) atoms. The fourth-order valence-corrected chi connectivity index (χ4v) is 12.0. The summed E-state index contributed by atoms with van der Waals surface area (Å²) >= 11 is 0. The smallest absolute Gasteiger partial charge is 0.462 e. The van der Waals surface area contributed by atoms with Gasteiger partial charge in [0, 0.05) is 25.7 Å². The molecule has 0 fully saturated rings. The Morgan fingerprint density at radius 2 is 0.540 bits per heavy atom. The van der Waals surface area contributed by atoms with Crippen LogP contribution in [0.2, 0.25) is 0 Å². The fraction of sp³-hybridized carbons (Fsp3) is 0.728. The van der Waals surface area contributed by atoms with Gasteiger partial charge in [-0.2, -0.15) is 0 Å². The molecule has 0 rings (SSSR count). The molecule has 0 bridgehead atoms. The third-order valence-electron chi connectivity index (χ3n) is 16.3. The summed E-state index contributed by atoms with van der Waals surface area (Å²) in [7, 11) is -9.96. The average molecular weight is 1450 g/mol. The van der Waals surface area contributed by atoms with Crippen LogP contribution in [-0.4, -0.2) is 96.7 Å². The minimum Gasteiger partial charge on any atom is -0.462 e. The molecule has 19 heteroatoms. The summed E-state index contributed by atoms with van der Waals surface area (Å²) in [5.41, 5.74) is 0. The minimum absolute atomic E-state index is 0.0376. The van der Waals surface area contributed by atoms with Gasteiger partial charge in [0.2, 0.25) is 0 Å². The molecule has 0 aromatic heterocycles. The van der Waals surface area contributed by atoms with Gasteiger partial charge in [-0.1, -0.05) is 310 Å². The molecule has 0 aliphatic carbocycles. The van der Waals surface area contributed by atoms with Crippen LogP contribution >= 0.6 is 15.6 Å². The lowest BCUT2D eigenvalue weighted by molar-refractivity contribution is -0.161. The van der Waals surface area contributed by atoms with E-state index < -0.39 is 97.5 Å². The summed E-state index contributed by atoms with van der Waals surface area (Å²) < 4.78 is 68.4. The van der Waals surface area contributed by atoms with Crippen LogP contribution in [0.25, 0.3) is 0 Å². The van der Waals surface area contributed by atoms with Crippen molar-refractivity contribution in [1.29, 1.82) is 0 Å². The molecule has 0 aliphatic heterocycles. The molecule has 3 N–H and O–H groups in total. The molecule has 576 valence electrons. The summed E-state index contributed by atoms with van der Waals surface area (Å²) in [5.74, 6) is -2.27. The lowest BCUT2D eigenvalue weighted by atomic mass is 10.0. The third-order valence-corrected chi connectivity index (χ3v) is 18.2. The Kier molecular flexibility index (Phi) is 69.9. The highest BCUT2D eigenvalue weighted by atomic mass is 31.2. The number of allylic oxidation sites excluding steroid dienone is 18. The first-order valence-electron chi connectivity index (χ1n) is 39.1. The zero-order valence-electron chi connectivity index (χ0n) is 62.8. The first kappa shape index (κ1) is 95.7. The van der Waals surface area contributed by atoms with Crippen molar-refractivity contribution in [3.8, 4) is 0 Å². The molecule has 0 aliphatic rings. The Morgan fingerprint density at radius 1 is 0.290 bits per heavy atom. The molecule has 5 atom stereocenters. The summed E-state index contributed by atoms with van der Waals surface area (Å²) in [6.45, 7) is 4.57. The normalized spacial score (nSPS) is 14.5. The predicted octanol–water partition coefficient (Wildman–Crippen LogP) is 22.6. The van der Waals surface area contributed by atoms with Crippen molar-refractivity contribution >= 4 is 39.5 Å². The summed E-state index contributed by atoms with van der Waals surface area (Å²) in [6.07, 6.45) is 78.1. The number of carbonyl (C=O) groups is 4. The van der Waals surface area contributed by atoms with E-state index in [1.54, 1.807) is 0 Å². The lowest BCUT2D eigenvalue weighted by Crippen LogP contribution is -2.30. The van der Waals surface area contributed by atoms with Gasteiger partial charge in [0.15, 0.2) is 12.2 Å². The van der Waals surface area contributed by atoms with Gasteiger partial charge in [0.25, 0.3) is 0 Å². The zero-order chi connectivity index (χ0) is 73.2. The van der Waals surface area contributed by atoms with E-state index in [4.69, 9.17) is 37.0 Å². The number of aliphatic hydroxyl groups is 1. The molecule has 5 unspecified atom stereocenters. The van der Waals surface area contributed by atoms with Gasteiger partial charge in [0.05, 0.1) is 26.4 Å². The van der Waals surface area contributed by atoms with Crippen LogP contribution in [0.4, 0.5) is 0 Å². The van der Waals surface area contributed by atoms with Crippen LogP contribution in [0.1, 0.15) is 323 Å². The maximum Gasteiger partial charge on any atom is 0.472 e. The molecule has 0 aromatic rings. The summed E-state index contributed by atoms with van der Waals surface area (Å²) in [6, 6.07) is 0. The number of phosphoric ester groups is 2. The molecule has 0 saturated heterocycles. The second kappa shape index (κ2) is 73.0. The van der Waals surface area contributed by atoms with Crippen LogP contribution in [-0.2, 0) is 65.4 Å². The second-order valence-electron chi connectivity index (χ2n) is 25.9. The van der Waals surface area contributed by atoms with Gasteiger partial charge < -0.3 is 33.8 Å². The van der Waals surface area contributed by atoms with Gasteiger partial charge in [-0.25, -0.2) is 9.13 Å². The molecular formula is C81H140O17P2. The van der Waals surface area contributed by atoms with E-state index >= 15 is 0 Å². The largest absolute Gasteiger partial charge is 0.472 e. The van der Waals surface area contributed by atoms with Crippen molar-refractivity contribution < 1.29 is 80.2 Å². The number of unbranched alkanes of at least 4 members (excludes halogenated alkanes) is 29. The number of ether oxygens (including phenoxy) is 4. The monoisotopic (exact) mass is 1450 g/mol. The fourth-order valence-electron chi connectivity index (χ4n) is 10.4. The Morgan fingerprint density at radius 3 is 0.860 bits per heavy atom. The van der Waals surface area contributed by atoms with Crippen molar-refractivity contribution in [2.45, 2.75) is 341 Å². The number of esters is 4. The Hall–Kier alpha value is -4.28. The highest BCUT2D eigenvalue weighted by Crippen LogP contribution is 2.45. The standard InChI is InChI=1S/C81H140O17P2/c1-5-9-13-17-21-25-29-32-34-36-37-39-41-44-47-50-54-58-62-66-79(84)92-72-77(98-81(86)68-64-60-56-52-48-42-31-27-23-19-15-11-7-3)74-96-100(89,90)94-70-75(82)69-93-99(87,88)95-73-76(97-80(85)67-63-59-55-51-45-28-24-20-16-12-8-4)71-91-78(83)65-61-57-53-49-46-43-40-38-35-33-30-26-22-18-14-10-6-2/h9-10,13-14,21-22,25-26,32-35,37,39,44,47,54,58,75-77,82H,5-8,11-12,15-20,23-24,27-31,36,38,40-43,45-46,48-53,55-57,59-74H2,1-4H3,(H,87,88)(H,89,90)/b13-9-,14-10-,25-21-,26-22-,34-32-,35-33-,39-37-,47-44-,58-54-. The Labute approximate surface area is 607 Å². The zero-order valence-corrected chi connectivity index (χ0v) is 64.6. The van der Waals surface area contributed by atoms with E-state index in [1.807, 2.05) is 18.2 Å². The molecule has 0 radical (unpaired) electrons. The predicted molar refractivity (Wildman–Crippen MR) is 408 cm³/mol. The SMILES string of the molecule is CC/C=C\C/C=C\C/C=C\C/C=C\C/C=C\C/C=C\CCC(=O)OCC(COP(=O)(O)OCC(O)COP(=O)(O)OCC(COC(=O)CCCCCCCCC/C=C\C/C=C\C/C=C\CC)OC(=O)CCCCCCCCCCCCC)OC(=O)CCCCCCCCCCCCCCC. The quantitative estimate of drug-likeness (QED) is 0.0169. The van der Waals surface area contributed by atoms with Crippen LogP contribution in [0.3, 0.4) is 0 Å². The number of hydrogen-bond donors (Lipinski definition) is 3. The molecular weight excluding hydrogens is 1310 g/mol. The van der Waals surface area contributed by atoms with Crippen molar-refractivity contribution in [3.05, 3.63) is 109 Å². The van der Waals surface area contributed by atoms with Crippen molar-refractivity contribution in [2.75, 3.05) is 39.6 Å². The van der Waals surface area contributed by atoms with E-state index in [-0.39, 0.29) is 25.7 Å². The second-order valence-corrected chi connectivity index (χ2v) is 28.8. The van der Waals surface area contributed by atoms with E-state index in [1.165, 1.54) is 89.9 Å². The first-order chi connectivity index (χ1) is 48.7. The highest BCUT2D eigenvalue weighted by molar-refractivity contribution is 7.47. The Bertz CT molecular complexity index is 2320. The van der Waals surface area contributed by atoms with Gasteiger partial charge in [0.1, 0.15) is 19.3 Å². The van der Waals surface area contributed by atoms with Crippen LogP contribution in [0, 0.1) is 0 Å². The van der Waals surface area contributed by atoms with Gasteiger partial charge >= 0.3 is 39.5 Å². The van der Waals surface area contributed by atoms with Crippen LogP contribution in [0.15, 0.2) is 109 Å². The summed E-state index contributed by atoms with van der Waals surface area (Å²) in [5, 5.41) is 10.6. The first-order valence-corrected chi connectivity index (χ1v) is 42.1. The third kappa shape index (κ3) is 72.1. The summed E-state index contributed by atoms with van der Waals surface area (Å²) in [4.78, 5) is 72.8. The number of carbonyl (C=O) groups excluding carboxylic acids is 4. The van der Waals surface area contributed by atoms with Crippen LogP contribution < -0.4 is 0 Å². The van der Waals surface area contributed by atoms with Gasteiger partial charge in [-0.3, -0.25) is 37.3 Å². The molecule has 0 spiro atoms. The maximum atomic E-state index is 13.1. The number of phosphoric acid groups is 2. The van der Waals surface area contributed by atoms with Gasteiger partial charge in [-0.05, 0) is 96.3 Å². The van der Waals surface area contributed by atoms with Crippen molar-refractivity contribution in [2.24, 2.45) is 0 Å². The van der Waals surface area contributed by atoms with Crippen LogP contribution in [0.5, 0.6) is 0 Å². The van der Waals surface area contributed by atoms with Gasteiger partial charge in [-0.15, -0.1) is 0 Å². The van der Waals surface area contributed by atoms with E-state index in [9.17, 15) is 43.2 Å². The topological polar surface area (TPSA) is 237 Å². The lowest BCUT2D eigenvalue weighted by Gasteiger charge is -2.21. The molecule has 17 nitrogen and oxygen atoms in total. The highest BCUT2D eigenvalue weighted by Gasteiger charge is 2.30. The number of aliphatic hydroxyl groups excluding tert-OH is 1. The molecule has 0 amide bonds. The van der Waals surface area contributed by atoms with E-state index in [0.717, 1.165) is 148 Å². The van der Waals surface area contributed by atoms with Crippen molar-refractivity contribution in [3.63, 3.8) is 0 Å². The molecule has 0 aromatic carbocycles. The number of rotatable bonds is 73. The van der Waals surface area contributed by atoms with E-state index in [2.05, 4.69) is 119 Å². The minimum atomic E-state index is -4.99. The average Bonchev–Trinajstić information content (AvgIpc) is 0.940. The Balaban J connectivity index is 5.36. The van der Waals surface area contributed by atoms with E-state index in [0.29, 0.717) is 32.1 Å². The van der Waals surface area contributed by atoms with Crippen molar-refractivity contribution in [1.82, 2.24) is 0 Å². The maximum absolute atomic E-state index is 13.1.